The molecule has 0 aliphatic heterocycles. The number of nitrogens with two attached hydrogens (primary N) is 1. The zero-order valence-corrected chi connectivity index (χ0v) is 10.2. The van der Waals surface area contributed by atoms with E-state index in [0.29, 0.717) is 5.69 Å². The number of halogens is 3. The summed E-state index contributed by atoms with van der Waals surface area (Å²) in [6.07, 6.45) is -2.56. The summed E-state index contributed by atoms with van der Waals surface area (Å²) in [6, 6.07) is 4.55. The van der Waals surface area contributed by atoms with E-state index in [9.17, 15) is 13.2 Å². The quantitative estimate of drug-likeness (QED) is 0.929. The van der Waals surface area contributed by atoms with Gasteiger partial charge in [0.15, 0.2) is 0 Å². The van der Waals surface area contributed by atoms with Crippen molar-refractivity contribution in [3.63, 3.8) is 0 Å². The monoisotopic (exact) mass is 270 g/mol. The standard InChI is InChI=1S/C12H13F3N4/c1-19-7-8(17-18-19)6-11(16)9-4-2-3-5-10(9)12(13,14)15/h2-5,7,11H,6,16H2,1H3. The molecule has 1 unspecified atom stereocenters. The maximum Gasteiger partial charge on any atom is 0.416 e. The van der Waals surface area contributed by atoms with Gasteiger partial charge >= 0.3 is 6.18 Å². The number of benzene rings is 1. The van der Waals surface area contributed by atoms with Crippen molar-refractivity contribution in [2.45, 2.75) is 18.6 Å². The van der Waals surface area contributed by atoms with Crippen LogP contribution in [0.25, 0.3) is 0 Å². The Morgan fingerprint density at radius 1 is 1.32 bits per heavy atom. The second-order valence-corrected chi connectivity index (χ2v) is 4.28. The van der Waals surface area contributed by atoms with Crippen LogP contribution in [0.5, 0.6) is 0 Å². The SMILES string of the molecule is Cn1cc(CC(N)c2ccccc2C(F)(F)F)nn1. The van der Waals surface area contributed by atoms with Crippen molar-refractivity contribution in [3.8, 4) is 0 Å². The van der Waals surface area contributed by atoms with E-state index >= 15 is 0 Å². The van der Waals surface area contributed by atoms with Crippen LogP contribution in [0.4, 0.5) is 13.2 Å². The number of nitrogens with zero attached hydrogens (tertiary/aromatic N) is 3. The van der Waals surface area contributed by atoms with Crippen molar-refractivity contribution in [1.29, 1.82) is 0 Å². The molecule has 1 aromatic carbocycles. The lowest BCUT2D eigenvalue weighted by Crippen LogP contribution is -2.19. The lowest BCUT2D eigenvalue weighted by Gasteiger charge is -2.17. The Bertz CT molecular complexity index is 562. The fraction of sp³-hybridized carbons (Fsp3) is 0.333. The molecule has 1 heterocycles. The van der Waals surface area contributed by atoms with Crippen LogP contribution in [-0.4, -0.2) is 15.0 Å². The third kappa shape index (κ3) is 3.11. The molecule has 1 aromatic heterocycles. The Hall–Kier alpha value is -1.89. The van der Waals surface area contributed by atoms with Crippen molar-refractivity contribution in [2.75, 3.05) is 0 Å². The number of aryl methyl sites for hydroxylation is 1. The van der Waals surface area contributed by atoms with Crippen LogP contribution >= 0.6 is 0 Å². The highest BCUT2D eigenvalue weighted by Gasteiger charge is 2.34. The Labute approximate surface area is 108 Å². The predicted molar refractivity (Wildman–Crippen MR) is 63.1 cm³/mol. The van der Waals surface area contributed by atoms with Crippen molar-refractivity contribution >= 4 is 0 Å². The lowest BCUT2D eigenvalue weighted by atomic mass is 9.97. The Morgan fingerprint density at radius 2 is 2.00 bits per heavy atom. The molecular weight excluding hydrogens is 257 g/mol. The molecule has 0 saturated carbocycles. The third-order valence-electron chi connectivity index (χ3n) is 2.74. The molecule has 4 nitrogen and oxygen atoms in total. The normalized spacial score (nSPS) is 13.5. The number of rotatable bonds is 3. The molecule has 0 bridgehead atoms. The summed E-state index contributed by atoms with van der Waals surface area (Å²) in [5.41, 5.74) is 5.79. The van der Waals surface area contributed by atoms with Crippen LogP contribution in [0.2, 0.25) is 0 Å². The van der Waals surface area contributed by atoms with Crippen LogP contribution in [0.15, 0.2) is 30.5 Å². The predicted octanol–water partition coefficient (Wildman–Crippen LogP) is 2.08. The molecular formula is C12H13F3N4. The van der Waals surface area contributed by atoms with E-state index in [1.807, 2.05) is 0 Å². The third-order valence-corrected chi connectivity index (χ3v) is 2.74. The number of hydrogen-bond donors (Lipinski definition) is 1. The largest absolute Gasteiger partial charge is 0.416 e. The van der Waals surface area contributed by atoms with E-state index in [1.165, 1.54) is 16.8 Å². The molecule has 1 atom stereocenters. The van der Waals surface area contributed by atoms with Gasteiger partial charge in [-0.2, -0.15) is 13.2 Å². The molecule has 0 fully saturated rings. The Kier molecular flexibility index (Phi) is 3.57. The first-order chi connectivity index (χ1) is 8.88. The van der Waals surface area contributed by atoms with Crippen LogP contribution in [0.1, 0.15) is 22.9 Å². The summed E-state index contributed by atoms with van der Waals surface area (Å²) in [5.74, 6) is 0. The van der Waals surface area contributed by atoms with Crippen LogP contribution in [0, 0.1) is 0 Å². The van der Waals surface area contributed by atoms with Gasteiger partial charge < -0.3 is 5.73 Å². The fourth-order valence-corrected chi connectivity index (χ4v) is 1.90. The molecule has 0 aliphatic carbocycles. The van der Waals surface area contributed by atoms with E-state index in [-0.39, 0.29) is 12.0 Å². The molecule has 2 rings (SSSR count). The minimum Gasteiger partial charge on any atom is -0.324 e. The summed E-state index contributed by atoms with van der Waals surface area (Å²) in [4.78, 5) is 0. The van der Waals surface area contributed by atoms with Gasteiger partial charge in [0.25, 0.3) is 0 Å². The van der Waals surface area contributed by atoms with Gasteiger partial charge in [-0.1, -0.05) is 23.4 Å². The van der Waals surface area contributed by atoms with Crippen LogP contribution < -0.4 is 5.73 Å². The highest BCUT2D eigenvalue weighted by molar-refractivity contribution is 5.32. The average Bonchev–Trinajstić information content (AvgIpc) is 2.73. The maximum atomic E-state index is 12.9. The number of aromatic nitrogens is 3. The van der Waals surface area contributed by atoms with Crippen molar-refractivity contribution in [3.05, 3.63) is 47.3 Å². The average molecular weight is 270 g/mol. The van der Waals surface area contributed by atoms with E-state index < -0.39 is 17.8 Å². The molecule has 0 radical (unpaired) electrons. The maximum absolute atomic E-state index is 12.9. The highest BCUT2D eigenvalue weighted by atomic mass is 19.4. The zero-order chi connectivity index (χ0) is 14.0. The van der Waals surface area contributed by atoms with E-state index in [1.54, 1.807) is 19.3 Å². The van der Waals surface area contributed by atoms with Gasteiger partial charge in [0, 0.05) is 25.7 Å². The van der Waals surface area contributed by atoms with Crippen LogP contribution in [-0.2, 0) is 19.6 Å². The molecule has 0 amide bonds. The van der Waals surface area contributed by atoms with E-state index in [4.69, 9.17) is 5.73 Å². The molecule has 19 heavy (non-hydrogen) atoms. The first-order valence-electron chi connectivity index (χ1n) is 5.65. The zero-order valence-electron chi connectivity index (χ0n) is 10.2. The second-order valence-electron chi connectivity index (χ2n) is 4.28. The van der Waals surface area contributed by atoms with Gasteiger partial charge in [-0.25, -0.2) is 0 Å². The summed E-state index contributed by atoms with van der Waals surface area (Å²) in [5, 5.41) is 7.55. The summed E-state index contributed by atoms with van der Waals surface area (Å²) < 4.78 is 40.1. The molecule has 2 aromatic rings. The van der Waals surface area contributed by atoms with Gasteiger partial charge in [-0.05, 0) is 11.6 Å². The molecule has 2 N–H and O–H groups in total. The van der Waals surface area contributed by atoms with Crippen LogP contribution in [0.3, 0.4) is 0 Å². The minimum atomic E-state index is -4.41. The smallest absolute Gasteiger partial charge is 0.324 e. The summed E-state index contributed by atoms with van der Waals surface area (Å²) in [7, 11) is 1.69. The molecule has 7 heteroatoms. The van der Waals surface area contributed by atoms with Gasteiger partial charge in [-0.3, -0.25) is 4.68 Å². The highest BCUT2D eigenvalue weighted by Crippen LogP contribution is 2.34. The van der Waals surface area contributed by atoms with Gasteiger partial charge in [-0.15, -0.1) is 5.10 Å². The summed E-state index contributed by atoms with van der Waals surface area (Å²) in [6.45, 7) is 0. The van der Waals surface area contributed by atoms with Gasteiger partial charge in [0.2, 0.25) is 0 Å². The summed E-state index contributed by atoms with van der Waals surface area (Å²) >= 11 is 0. The van der Waals surface area contributed by atoms with E-state index in [0.717, 1.165) is 6.07 Å². The first-order valence-corrected chi connectivity index (χ1v) is 5.65. The minimum absolute atomic E-state index is 0.0700. The van der Waals surface area contributed by atoms with Gasteiger partial charge in [0.05, 0.1) is 11.3 Å². The molecule has 0 saturated heterocycles. The number of hydrogen-bond acceptors (Lipinski definition) is 3. The topological polar surface area (TPSA) is 56.7 Å². The lowest BCUT2D eigenvalue weighted by molar-refractivity contribution is -0.138. The molecule has 102 valence electrons. The molecule has 0 spiro atoms. The Morgan fingerprint density at radius 3 is 2.58 bits per heavy atom. The molecule has 0 aliphatic rings. The van der Waals surface area contributed by atoms with E-state index in [2.05, 4.69) is 10.3 Å². The second kappa shape index (κ2) is 5.00. The number of alkyl halides is 3. The fourth-order valence-electron chi connectivity index (χ4n) is 1.90. The van der Waals surface area contributed by atoms with Crippen molar-refractivity contribution in [2.24, 2.45) is 12.8 Å². The first kappa shape index (κ1) is 13.5. The Balaban J connectivity index is 2.26. The van der Waals surface area contributed by atoms with Gasteiger partial charge in [0.1, 0.15) is 0 Å². The van der Waals surface area contributed by atoms with Crippen molar-refractivity contribution < 1.29 is 13.2 Å². The van der Waals surface area contributed by atoms with Crippen molar-refractivity contribution in [1.82, 2.24) is 15.0 Å².